The zero-order valence-corrected chi connectivity index (χ0v) is 12.3. The molecule has 0 aromatic carbocycles. The van der Waals surface area contributed by atoms with Crippen LogP contribution in [0.25, 0.3) is 0 Å². The van der Waals surface area contributed by atoms with Crippen LogP contribution in [-0.2, 0) is 16.6 Å². The molecule has 0 aliphatic rings. The number of sulfonamides is 1. The van der Waals surface area contributed by atoms with E-state index in [9.17, 15) is 13.2 Å². The quantitative estimate of drug-likeness (QED) is 0.855. The first-order valence-electron chi connectivity index (χ1n) is 6.10. The number of anilines is 1. The van der Waals surface area contributed by atoms with E-state index in [2.05, 4.69) is 14.7 Å². The van der Waals surface area contributed by atoms with Crippen molar-refractivity contribution in [3.63, 3.8) is 0 Å². The van der Waals surface area contributed by atoms with Crippen molar-refractivity contribution in [1.82, 2.24) is 14.5 Å². The Morgan fingerprint density at radius 2 is 2.19 bits per heavy atom. The molecule has 2 rings (SSSR count). The number of hydrogen-bond acceptors (Lipinski definition) is 5. The second-order valence-electron chi connectivity index (χ2n) is 4.22. The molecular weight excluding hydrogens is 296 g/mol. The summed E-state index contributed by atoms with van der Waals surface area (Å²) in [5, 5.41) is 8.85. The maximum atomic E-state index is 12.2. The van der Waals surface area contributed by atoms with E-state index >= 15 is 0 Å². The van der Waals surface area contributed by atoms with Crippen LogP contribution in [0.4, 0.5) is 5.82 Å². The van der Waals surface area contributed by atoms with Gasteiger partial charge in [0.05, 0.1) is 0 Å². The molecule has 2 aromatic heterocycles. The molecule has 0 aliphatic heterocycles. The van der Waals surface area contributed by atoms with Gasteiger partial charge in [-0.25, -0.2) is 14.8 Å². The number of imidazole rings is 1. The van der Waals surface area contributed by atoms with Gasteiger partial charge in [-0.15, -0.1) is 0 Å². The second kappa shape index (κ2) is 5.52. The summed E-state index contributed by atoms with van der Waals surface area (Å²) in [6.07, 6.45) is 2.70. The fraction of sp³-hybridized carbons (Fsp3) is 0.250. The number of carbonyl (C=O) groups is 1. The number of aromatic carboxylic acids is 1. The monoisotopic (exact) mass is 310 g/mol. The van der Waals surface area contributed by atoms with E-state index < -0.39 is 16.0 Å². The van der Waals surface area contributed by atoms with Crippen molar-refractivity contribution in [3.05, 3.63) is 35.9 Å². The van der Waals surface area contributed by atoms with Gasteiger partial charge < -0.3 is 9.67 Å². The van der Waals surface area contributed by atoms with Crippen LogP contribution in [0, 0.1) is 6.92 Å². The van der Waals surface area contributed by atoms with E-state index in [-0.39, 0.29) is 16.4 Å². The zero-order chi connectivity index (χ0) is 15.6. The van der Waals surface area contributed by atoms with Crippen molar-refractivity contribution < 1.29 is 18.3 Å². The molecule has 2 N–H and O–H groups in total. The number of nitrogens with one attached hydrogen (secondary N) is 1. The zero-order valence-electron chi connectivity index (χ0n) is 11.4. The maximum Gasteiger partial charge on any atom is 0.339 e. The number of pyridine rings is 1. The number of aromatic nitrogens is 3. The molecule has 21 heavy (non-hydrogen) atoms. The molecule has 0 aliphatic carbocycles. The lowest BCUT2D eigenvalue weighted by Gasteiger charge is -2.07. The van der Waals surface area contributed by atoms with Crippen molar-refractivity contribution in [2.75, 3.05) is 4.72 Å². The third-order valence-electron chi connectivity index (χ3n) is 2.84. The molecule has 0 atom stereocenters. The summed E-state index contributed by atoms with van der Waals surface area (Å²) in [6.45, 7) is 4.13. The number of carboxylic acids is 1. The molecule has 9 heteroatoms. The van der Waals surface area contributed by atoms with E-state index in [1.807, 2.05) is 6.92 Å². The largest absolute Gasteiger partial charge is 0.478 e. The van der Waals surface area contributed by atoms with E-state index in [0.717, 1.165) is 0 Å². The summed E-state index contributed by atoms with van der Waals surface area (Å²) in [5.41, 5.74) is -0.229. The van der Waals surface area contributed by atoms with E-state index in [1.54, 1.807) is 11.5 Å². The van der Waals surface area contributed by atoms with Gasteiger partial charge in [-0.1, -0.05) is 0 Å². The van der Waals surface area contributed by atoms with Crippen LogP contribution in [0.15, 0.2) is 29.6 Å². The van der Waals surface area contributed by atoms with Crippen LogP contribution in [0.5, 0.6) is 0 Å². The van der Waals surface area contributed by atoms with Crippen molar-refractivity contribution in [3.8, 4) is 0 Å². The van der Waals surface area contributed by atoms with Gasteiger partial charge in [-0.05, 0) is 26.0 Å². The van der Waals surface area contributed by atoms with Crippen LogP contribution in [-0.4, -0.2) is 34.0 Å². The highest BCUT2D eigenvalue weighted by molar-refractivity contribution is 7.92. The molecule has 2 aromatic rings. The Labute approximate surface area is 121 Å². The maximum absolute atomic E-state index is 12.2. The summed E-state index contributed by atoms with van der Waals surface area (Å²) < 4.78 is 28.3. The highest BCUT2D eigenvalue weighted by Gasteiger charge is 2.22. The van der Waals surface area contributed by atoms with Crippen molar-refractivity contribution in [2.24, 2.45) is 0 Å². The van der Waals surface area contributed by atoms with E-state index in [1.165, 1.54) is 24.5 Å². The van der Waals surface area contributed by atoms with Crippen LogP contribution < -0.4 is 4.72 Å². The van der Waals surface area contributed by atoms with Gasteiger partial charge in [-0.3, -0.25) is 4.72 Å². The number of aryl methyl sites for hydroxylation is 2. The standard InChI is InChI=1S/C12H14N4O4S/c1-3-16-7-10(14-8(16)2)21(19,20)15-11-9(12(17)18)5-4-6-13-11/h4-7H,3H2,1-2H3,(H,13,15)(H,17,18). The van der Waals surface area contributed by atoms with Gasteiger partial charge in [0, 0.05) is 18.9 Å². The van der Waals surface area contributed by atoms with Gasteiger partial charge in [-0.2, -0.15) is 8.42 Å². The number of carboxylic acid groups (broad SMARTS) is 1. The first-order chi connectivity index (χ1) is 9.85. The lowest BCUT2D eigenvalue weighted by molar-refractivity contribution is 0.0697. The fourth-order valence-corrected chi connectivity index (χ4v) is 2.81. The summed E-state index contributed by atoms with van der Waals surface area (Å²) in [5.74, 6) is -0.956. The van der Waals surface area contributed by atoms with Gasteiger partial charge in [0.25, 0.3) is 10.0 Å². The summed E-state index contributed by atoms with van der Waals surface area (Å²) in [7, 11) is -3.99. The average molecular weight is 310 g/mol. The minimum absolute atomic E-state index is 0.177. The molecule has 0 bridgehead atoms. The lowest BCUT2D eigenvalue weighted by atomic mass is 10.3. The Morgan fingerprint density at radius 1 is 1.48 bits per heavy atom. The van der Waals surface area contributed by atoms with Crippen LogP contribution in [0.1, 0.15) is 23.1 Å². The Morgan fingerprint density at radius 3 is 2.76 bits per heavy atom. The Hall–Kier alpha value is -2.42. The molecule has 0 unspecified atom stereocenters. The van der Waals surface area contributed by atoms with Crippen LogP contribution >= 0.6 is 0 Å². The Kier molecular flexibility index (Phi) is 3.94. The smallest absolute Gasteiger partial charge is 0.339 e. The highest BCUT2D eigenvalue weighted by Crippen LogP contribution is 2.17. The normalized spacial score (nSPS) is 11.3. The molecule has 112 valence electrons. The Balaban J connectivity index is 2.40. The van der Waals surface area contributed by atoms with E-state index in [0.29, 0.717) is 12.4 Å². The topological polar surface area (TPSA) is 114 Å². The molecule has 0 amide bonds. The van der Waals surface area contributed by atoms with Crippen molar-refractivity contribution >= 4 is 21.8 Å². The highest BCUT2D eigenvalue weighted by atomic mass is 32.2. The fourth-order valence-electron chi connectivity index (χ4n) is 1.77. The first-order valence-corrected chi connectivity index (χ1v) is 7.58. The third kappa shape index (κ3) is 3.02. The van der Waals surface area contributed by atoms with Crippen LogP contribution in [0.2, 0.25) is 0 Å². The molecule has 0 radical (unpaired) electrons. The van der Waals surface area contributed by atoms with Crippen molar-refractivity contribution in [2.45, 2.75) is 25.4 Å². The molecule has 0 spiro atoms. The molecular formula is C12H14N4O4S. The number of nitrogens with zero attached hydrogens (tertiary/aromatic N) is 3. The Bertz CT molecular complexity index is 782. The molecule has 0 fully saturated rings. The lowest BCUT2D eigenvalue weighted by Crippen LogP contribution is -2.17. The summed E-state index contributed by atoms with van der Waals surface area (Å²) in [6, 6.07) is 2.68. The van der Waals surface area contributed by atoms with Gasteiger partial charge >= 0.3 is 5.97 Å². The van der Waals surface area contributed by atoms with Gasteiger partial charge in [0.2, 0.25) is 0 Å². The predicted octanol–water partition coefficient (Wildman–Crippen LogP) is 1.11. The first kappa shape index (κ1) is 15.0. The minimum atomic E-state index is -3.99. The predicted molar refractivity (Wildman–Crippen MR) is 74.6 cm³/mol. The van der Waals surface area contributed by atoms with Gasteiger partial charge in [0.15, 0.2) is 10.8 Å². The molecule has 0 saturated carbocycles. The van der Waals surface area contributed by atoms with Gasteiger partial charge in [0.1, 0.15) is 11.4 Å². The number of hydrogen-bond donors (Lipinski definition) is 2. The van der Waals surface area contributed by atoms with E-state index in [4.69, 9.17) is 5.11 Å². The molecule has 8 nitrogen and oxygen atoms in total. The van der Waals surface area contributed by atoms with Crippen molar-refractivity contribution in [1.29, 1.82) is 0 Å². The van der Waals surface area contributed by atoms with Crippen LogP contribution in [0.3, 0.4) is 0 Å². The minimum Gasteiger partial charge on any atom is -0.478 e. The average Bonchev–Trinajstić information content (AvgIpc) is 2.81. The summed E-state index contributed by atoms with van der Waals surface area (Å²) >= 11 is 0. The SMILES string of the molecule is CCn1cc(S(=O)(=O)Nc2ncccc2C(=O)O)nc1C. The third-order valence-corrected chi connectivity index (χ3v) is 4.05. The number of rotatable bonds is 5. The molecule has 2 heterocycles. The summed E-state index contributed by atoms with van der Waals surface area (Å²) in [4.78, 5) is 18.8. The second-order valence-corrected chi connectivity index (χ2v) is 5.85. The molecule has 0 saturated heterocycles.